The molecule has 0 aliphatic heterocycles. The van der Waals surface area contributed by atoms with Crippen LogP contribution in [0, 0.1) is 0 Å². The average Bonchev–Trinajstić information content (AvgIpc) is 3.19. The van der Waals surface area contributed by atoms with Gasteiger partial charge in [-0.3, -0.25) is 9.95 Å². The molecule has 0 aliphatic rings. The Morgan fingerprint density at radius 2 is 2.22 bits per heavy atom. The molecule has 0 saturated carbocycles. The van der Waals surface area contributed by atoms with Crippen molar-refractivity contribution in [3.8, 4) is 17.1 Å². The number of nitrogens with zero attached hydrogens (tertiary/aromatic N) is 3. The Bertz CT molecular complexity index is 879. The summed E-state index contributed by atoms with van der Waals surface area (Å²) < 4.78 is 6.50. The van der Waals surface area contributed by atoms with Crippen molar-refractivity contribution in [2.45, 2.75) is 20.3 Å². The number of aromatic amines is 1. The Balaban J connectivity index is 1.96. The Kier molecular flexibility index (Phi) is 4.33. The van der Waals surface area contributed by atoms with Crippen LogP contribution in [0.3, 0.4) is 0 Å². The SMILES string of the molecule is CC/C(C)=N/Nc1nc(-c2c(=O)o[nH][n+]2-c2ccccc2)cs1. The molecule has 0 spiro atoms. The second-order valence-corrected chi connectivity index (χ2v) is 5.71. The molecule has 2 aromatic heterocycles. The van der Waals surface area contributed by atoms with Crippen LogP contribution in [0.15, 0.2) is 50.1 Å². The number of hydrogen-bond donors (Lipinski definition) is 2. The molecule has 0 atom stereocenters. The lowest BCUT2D eigenvalue weighted by molar-refractivity contribution is -0.660. The van der Waals surface area contributed by atoms with E-state index >= 15 is 0 Å². The molecular formula is C15H16N5O2S+. The van der Waals surface area contributed by atoms with Gasteiger partial charge in [-0.2, -0.15) is 5.10 Å². The zero-order valence-corrected chi connectivity index (χ0v) is 13.6. The highest BCUT2D eigenvalue weighted by Crippen LogP contribution is 2.21. The molecule has 0 radical (unpaired) electrons. The number of nitrogens with one attached hydrogen (secondary N) is 2. The normalized spacial score (nSPS) is 11.7. The van der Waals surface area contributed by atoms with Crippen molar-refractivity contribution in [1.29, 1.82) is 0 Å². The molecule has 0 amide bonds. The van der Waals surface area contributed by atoms with E-state index in [1.54, 1.807) is 10.1 Å². The van der Waals surface area contributed by atoms with Crippen LogP contribution in [0.25, 0.3) is 17.1 Å². The summed E-state index contributed by atoms with van der Waals surface area (Å²) >= 11 is 1.38. The van der Waals surface area contributed by atoms with Crippen molar-refractivity contribution in [2.75, 3.05) is 5.43 Å². The highest BCUT2D eigenvalue weighted by atomic mass is 32.1. The van der Waals surface area contributed by atoms with Crippen molar-refractivity contribution in [1.82, 2.24) is 10.3 Å². The Morgan fingerprint density at radius 1 is 1.43 bits per heavy atom. The molecule has 2 heterocycles. The maximum Gasteiger partial charge on any atom is 0.437 e. The van der Waals surface area contributed by atoms with E-state index < -0.39 is 5.63 Å². The summed E-state index contributed by atoms with van der Waals surface area (Å²) in [6.45, 7) is 3.97. The summed E-state index contributed by atoms with van der Waals surface area (Å²) in [4.78, 5) is 16.4. The predicted octanol–water partition coefficient (Wildman–Crippen LogP) is 2.57. The number of anilines is 1. The minimum atomic E-state index is -0.473. The van der Waals surface area contributed by atoms with E-state index in [1.807, 2.05) is 44.2 Å². The standard InChI is InChI=1S/C15H15N5O2S/c1-3-10(2)17-18-15-16-12(9-23-15)13-14(21)22-19-20(13)11-7-5-4-6-8-11/h4-9H,3H2,1-2H3,(H-,16,18,19,21)/p+1/b17-10+. The van der Waals surface area contributed by atoms with E-state index in [0.29, 0.717) is 16.5 Å². The summed E-state index contributed by atoms with van der Waals surface area (Å²) in [6.07, 6.45) is 0.862. The second kappa shape index (κ2) is 6.57. The fourth-order valence-corrected chi connectivity index (χ4v) is 2.54. The third kappa shape index (κ3) is 3.21. The lowest BCUT2D eigenvalue weighted by Gasteiger charge is -1.95. The molecule has 7 nitrogen and oxygen atoms in total. The van der Waals surface area contributed by atoms with Gasteiger partial charge in [0.15, 0.2) is 5.69 Å². The van der Waals surface area contributed by atoms with Gasteiger partial charge in [0, 0.05) is 23.2 Å². The third-order valence-electron chi connectivity index (χ3n) is 3.26. The van der Waals surface area contributed by atoms with Crippen LogP contribution in [-0.2, 0) is 0 Å². The Hall–Kier alpha value is -2.74. The first-order valence-electron chi connectivity index (χ1n) is 7.13. The van der Waals surface area contributed by atoms with Crippen LogP contribution in [0.5, 0.6) is 0 Å². The zero-order valence-electron chi connectivity index (χ0n) is 12.7. The fraction of sp³-hybridized carbons (Fsp3) is 0.200. The lowest BCUT2D eigenvalue weighted by atomic mass is 10.3. The van der Waals surface area contributed by atoms with E-state index in [1.165, 1.54) is 11.3 Å². The van der Waals surface area contributed by atoms with Gasteiger partial charge in [0.05, 0.1) is 0 Å². The number of thiazole rings is 1. The fourth-order valence-electron chi connectivity index (χ4n) is 1.91. The summed E-state index contributed by atoms with van der Waals surface area (Å²) in [6, 6.07) is 9.41. The van der Waals surface area contributed by atoms with Gasteiger partial charge >= 0.3 is 11.3 Å². The molecule has 23 heavy (non-hydrogen) atoms. The topological polar surface area (TPSA) is 87.2 Å². The smallest absolute Gasteiger partial charge is 0.282 e. The van der Waals surface area contributed by atoms with Crippen molar-refractivity contribution >= 4 is 22.2 Å². The van der Waals surface area contributed by atoms with Crippen LogP contribution >= 0.6 is 11.3 Å². The van der Waals surface area contributed by atoms with E-state index in [0.717, 1.165) is 17.8 Å². The van der Waals surface area contributed by atoms with Gasteiger partial charge in [-0.15, -0.1) is 11.3 Å². The number of aromatic nitrogens is 3. The van der Waals surface area contributed by atoms with Gasteiger partial charge in [0.1, 0.15) is 0 Å². The maximum atomic E-state index is 12.0. The van der Waals surface area contributed by atoms with Gasteiger partial charge in [0.25, 0.3) is 0 Å². The number of para-hydroxylation sites is 1. The highest BCUT2D eigenvalue weighted by molar-refractivity contribution is 7.14. The van der Waals surface area contributed by atoms with Crippen molar-refractivity contribution in [3.63, 3.8) is 0 Å². The van der Waals surface area contributed by atoms with Gasteiger partial charge in [-0.25, -0.2) is 9.78 Å². The second-order valence-electron chi connectivity index (χ2n) is 4.85. The summed E-state index contributed by atoms with van der Waals surface area (Å²) in [5, 5.41) is 9.22. The number of rotatable bonds is 5. The summed E-state index contributed by atoms with van der Waals surface area (Å²) in [7, 11) is 0. The van der Waals surface area contributed by atoms with Crippen LogP contribution in [-0.4, -0.2) is 16.0 Å². The van der Waals surface area contributed by atoms with Crippen LogP contribution in [0.1, 0.15) is 20.3 Å². The van der Waals surface area contributed by atoms with Gasteiger partial charge in [-0.05, 0) is 23.3 Å². The van der Waals surface area contributed by atoms with Crippen LogP contribution in [0.4, 0.5) is 5.13 Å². The maximum absolute atomic E-state index is 12.0. The van der Waals surface area contributed by atoms with Gasteiger partial charge in [0.2, 0.25) is 10.8 Å². The first-order chi connectivity index (χ1) is 11.2. The first-order valence-corrected chi connectivity index (χ1v) is 8.01. The Labute approximate surface area is 136 Å². The lowest BCUT2D eigenvalue weighted by Crippen LogP contribution is -2.36. The minimum absolute atomic E-state index is 0.344. The zero-order chi connectivity index (χ0) is 16.2. The quantitative estimate of drug-likeness (QED) is 0.427. The molecule has 0 aliphatic carbocycles. The predicted molar refractivity (Wildman–Crippen MR) is 89.0 cm³/mol. The molecule has 0 unspecified atom stereocenters. The molecule has 118 valence electrons. The van der Waals surface area contributed by atoms with Crippen molar-refractivity contribution in [2.24, 2.45) is 5.10 Å². The summed E-state index contributed by atoms with van der Waals surface area (Å²) in [5.41, 5.74) is 5.06. The minimum Gasteiger partial charge on any atom is -0.282 e. The highest BCUT2D eigenvalue weighted by Gasteiger charge is 2.27. The monoisotopic (exact) mass is 330 g/mol. The Morgan fingerprint density at radius 3 is 2.96 bits per heavy atom. The molecule has 3 rings (SSSR count). The third-order valence-corrected chi connectivity index (χ3v) is 4.01. The van der Waals surface area contributed by atoms with Crippen LogP contribution in [0.2, 0.25) is 0 Å². The first kappa shape index (κ1) is 15.2. The number of hydrazone groups is 1. The molecule has 0 saturated heterocycles. The van der Waals surface area contributed by atoms with E-state index in [9.17, 15) is 4.79 Å². The summed E-state index contributed by atoms with van der Waals surface area (Å²) in [5.74, 6) is 0. The molecule has 0 bridgehead atoms. The van der Waals surface area contributed by atoms with Crippen molar-refractivity contribution < 1.29 is 9.20 Å². The van der Waals surface area contributed by atoms with E-state index in [4.69, 9.17) is 4.52 Å². The molecule has 0 fully saturated rings. The molecule has 2 N–H and O–H groups in total. The molecule has 8 heteroatoms. The van der Waals surface area contributed by atoms with Gasteiger partial charge in [-0.1, -0.05) is 25.1 Å². The molecule has 3 aromatic rings. The average molecular weight is 330 g/mol. The molecule has 1 aromatic carbocycles. The van der Waals surface area contributed by atoms with E-state index in [-0.39, 0.29) is 0 Å². The number of hydrogen-bond acceptors (Lipinski definition) is 6. The van der Waals surface area contributed by atoms with Crippen molar-refractivity contribution in [3.05, 3.63) is 46.1 Å². The number of H-pyrrole nitrogens is 1. The van der Waals surface area contributed by atoms with Crippen LogP contribution < -0.4 is 15.7 Å². The van der Waals surface area contributed by atoms with Gasteiger partial charge < -0.3 is 0 Å². The number of benzene rings is 1. The largest absolute Gasteiger partial charge is 0.437 e. The van der Waals surface area contributed by atoms with E-state index in [2.05, 4.69) is 20.8 Å². The molecular weight excluding hydrogens is 314 g/mol.